The number of aryl methyl sites for hydroxylation is 1. The molecular weight excluding hydrogens is 384 g/mol. The molecule has 2 aromatic heterocycles. The first-order valence-electron chi connectivity index (χ1n) is 9.18. The number of amides is 1. The highest BCUT2D eigenvalue weighted by Gasteiger charge is 2.13. The van der Waals surface area contributed by atoms with Crippen LogP contribution in [0.2, 0.25) is 0 Å². The number of H-pyrrole nitrogens is 1. The lowest BCUT2D eigenvalue weighted by Crippen LogP contribution is -2.28. The van der Waals surface area contributed by atoms with Crippen molar-refractivity contribution in [3.63, 3.8) is 0 Å². The third-order valence-corrected chi connectivity index (χ3v) is 4.87. The predicted molar refractivity (Wildman–Crippen MR) is 113 cm³/mol. The van der Waals surface area contributed by atoms with Gasteiger partial charge >= 0.3 is 0 Å². The molecule has 0 aliphatic carbocycles. The van der Waals surface area contributed by atoms with Crippen LogP contribution in [0.15, 0.2) is 67.0 Å². The van der Waals surface area contributed by atoms with E-state index in [4.69, 9.17) is 12.2 Å². The van der Waals surface area contributed by atoms with Crippen LogP contribution in [0.4, 0.5) is 0 Å². The van der Waals surface area contributed by atoms with Crippen LogP contribution in [-0.4, -0.2) is 30.5 Å². The van der Waals surface area contributed by atoms with Crippen molar-refractivity contribution in [2.24, 2.45) is 0 Å². The fourth-order valence-corrected chi connectivity index (χ4v) is 3.35. The predicted octanol–water partition coefficient (Wildman–Crippen LogP) is 3.42. The van der Waals surface area contributed by atoms with Crippen LogP contribution in [-0.2, 0) is 17.9 Å². The maximum Gasteiger partial charge on any atom is 0.240 e. The van der Waals surface area contributed by atoms with E-state index in [2.05, 4.69) is 20.6 Å². The SMILES string of the molecule is Cc1cccc(-c2n[nH]c(=S)n2CC(=O)NCc2ccccc2-n2cccn2)c1. The molecule has 1 amide bonds. The van der Waals surface area contributed by atoms with E-state index in [1.54, 1.807) is 15.4 Å². The van der Waals surface area contributed by atoms with Crippen LogP contribution < -0.4 is 5.32 Å². The molecule has 2 aromatic carbocycles. The van der Waals surface area contributed by atoms with E-state index in [-0.39, 0.29) is 12.5 Å². The topological polar surface area (TPSA) is 80.5 Å². The normalized spacial score (nSPS) is 10.8. The second-order valence-corrected chi connectivity index (χ2v) is 7.05. The van der Waals surface area contributed by atoms with Crippen LogP contribution in [0.5, 0.6) is 0 Å². The molecule has 0 spiro atoms. The third-order valence-electron chi connectivity index (χ3n) is 4.56. The van der Waals surface area contributed by atoms with E-state index in [0.29, 0.717) is 17.1 Å². The molecule has 0 bridgehead atoms. The first-order chi connectivity index (χ1) is 14.1. The van der Waals surface area contributed by atoms with Crippen molar-refractivity contribution in [2.45, 2.75) is 20.0 Å². The zero-order chi connectivity index (χ0) is 20.2. The van der Waals surface area contributed by atoms with E-state index in [9.17, 15) is 4.79 Å². The zero-order valence-electron chi connectivity index (χ0n) is 15.9. The Kier molecular flexibility index (Phi) is 5.35. The van der Waals surface area contributed by atoms with Crippen molar-refractivity contribution in [1.29, 1.82) is 0 Å². The van der Waals surface area contributed by atoms with Crippen molar-refractivity contribution in [2.75, 3.05) is 0 Å². The van der Waals surface area contributed by atoms with Crippen molar-refractivity contribution in [3.05, 3.63) is 82.9 Å². The molecule has 0 saturated carbocycles. The lowest BCUT2D eigenvalue weighted by atomic mass is 10.1. The maximum absolute atomic E-state index is 12.6. The average molecular weight is 404 g/mol. The third kappa shape index (κ3) is 4.17. The van der Waals surface area contributed by atoms with Gasteiger partial charge in [-0.25, -0.2) is 4.68 Å². The highest BCUT2D eigenvalue weighted by atomic mass is 32.1. The van der Waals surface area contributed by atoms with E-state index in [1.165, 1.54) is 0 Å². The number of rotatable bonds is 6. The highest BCUT2D eigenvalue weighted by molar-refractivity contribution is 7.71. The maximum atomic E-state index is 12.6. The molecule has 0 saturated heterocycles. The first kappa shape index (κ1) is 18.8. The number of aromatic nitrogens is 5. The van der Waals surface area contributed by atoms with Gasteiger partial charge < -0.3 is 5.32 Å². The molecule has 0 aliphatic heterocycles. The molecule has 0 unspecified atom stereocenters. The summed E-state index contributed by atoms with van der Waals surface area (Å²) in [5.41, 5.74) is 3.93. The van der Waals surface area contributed by atoms with E-state index in [0.717, 1.165) is 22.4 Å². The van der Waals surface area contributed by atoms with Gasteiger partial charge in [-0.3, -0.25) is 14.5 Å². The lowest BCUT2D eigenvalue weighted by molar-refractivity contribution is -0.121. The van der Waals surface area contributed by atoms with Gasteiger partial charge in [0.1, 0.15) is 6.54 Å². The molecule has 2 N–H and O–H groups in total. The molecular formula is C21H20N6OS. The summed E-state index contributed by atoms with van der Waals surface area (Å²) in [5.74, 6) is 0.498. The van der Waals surface area contributed by atoms with Gasteiger partial charge in [-0.2, -0.15) is 10.2 Å². The Morgan fingerprint density at radius 2 is 2.03 bits per heavy atom. The van der Waals surface area contributed by atoms with E-state index < -0.39 is 0 Å². The van der Waals surface area contributed by atoms with Crippen molar-refractivity contribution >= 4 is 18.1 Å². The zero-order valence-corrected chi connectivity index (χ0v) is 16.7. The van der Waals surface area contributed by atoms with Crippen LogP contribution in [0, 0.1) is 11.7 Å². The summed E-state index contributed by atoms with van der Waals surface area (Å²) < 4.78 is 3.90. The molecule has 4 aromatic rings. The largest absolute Gasteiger partial charge is 0.350 e. The van der Waals surface area contributed by atoms with Crippen LogP contribution in [0.1, 0.15) is 11.1 Å². The first-order valence-corrected chi connectivity index (χ1v) is 9.59. The van der Waals surface area contributed by atoms with Gasteiger partial charge in [0.25, 0.3) is 0 Å². The van der Waals surface area contributed by atoms with Crippen LogP contribution in [0.3, 0.4) is 0 Å². The van der Waals surface area contributed by atoms with Crippen LogP contribution >= 0.6 is 12.2 Å². The molecule has 2 heterocycles. The van der Waals surface area contributed by atoms with Crippen molar-refractivity contribution < 1.29 is 4.79 Å². The number of benzene rings is 2. The molecule has 0 fully saturated rings. The summed E-state index contributed by atoms with van der Waals surface area (Å²) in [4.78, 5) is 12.6. The summed E-state index contributed by atoms with van der Waals surface area (Å²) in [7, 11) is 0. The van der Waals surface area contributed by atoms with Gasteiger partial charge in [0.05, 0.1) is 5.69 Å². The molecule has 0 radical (unpaired) electrons. The number of para-hydroxylation sites is 1. The van der Waals surface area contributed by atoms with E-state index >= 15 is 0 Å². The molecule has 29 heavy (non-hydrogen) atoms. The summed E-state index contributed by atoms with van der Waals surface area (Å²) in [5, 5.41) is 14.3. The van der Waals surface area contributed by atoms with Gasteiger partial charge in [0.2, 0.25) is 5.91 Å². The number of hydrogen-bond acceptors (Lipinski definition) is 4. The number of hydrogen-bond donors (Lipinski definition) is 2. The molecule has 4 rings (SSSR count). The molecule has 0 aliphatic rings. The summed E-state index contributed by atoms with van der Waals surface area (Å²) in [6, 6.07) is 17.6. The van der Waals surface area contributed by atoms with Gasteiger partial charge in [-0.15, -0.1) is 0 Å². The molecule has 146 valence electrons. The fraction of sp³-hybridized carbons (Fsp3) is 0.143. The Bertz CT molecular complexity index is 1190. The smallest absolute Gasteiger partial charge is 0.240 e. The Hall–Kier alpha value is -3.52. The van der Waals surface area contributed by atoms with Crippen LogP contribution in [0.25, 0.3) is 17.1 Å². The fourth-order valence-electron chi connectivity index (χ4n) is 3.16. The number of carbonyl (C=O) groups is 1. The van der Waals surface area contributed by atoms with Crippen molar-refractivity contribution in [3.8, 4) is 17.1 Å². The summed E-state index contributed by atoms with van der Waals surface area (Å²) in [6.45, 7) is 2.49. The van der Waals surface area contributed by atoms with Gasteiger partial charge in [0.15, 0.2) is 10.6 Å². The minimum atomic E-state index is -0.147. The van der Waals surface area contributed by atoms with Gasteiger partial charge in [-0.1, -0.05) is 42.0 Å². The quantitative estimate of drug-likeness (QED) is 0.483. The molecule has 0 atom stereocenters. The average Bonchev–Trinajstić information content (AvgIpc) is 3.37. The highest BCUT2D eigenvalue weighted by Crippen LogP contribution is 2.18. The second-order valence-electron chi connectivity index (χ2n) is 6.66. The Morgan fingerprint density at radius 1 is 1.17 bits per heavy atom. The summed E-state index contributed by atoms with van der Waals surface area (Å²) >= 11 is 5.33. The number of aromatic amines is 1. The number of carbonyl (C=O) groups excluding carboxylic acids is 1. The minimum absolute atomic E-state index is 0.0859. The van der Waals surface area contributed by atoms with Gasteiger partial charge in [-0.05, 0) is 42.9 Å². The Balaban J connectivity index is 1.50. The molecule has 7 nitrogen and oxygen atoms in total. The minimum Gasteiger partial charge on any atom is -0.350 e. The Morgan fingerprint density at radius 3 is 2.83 bits per heavy atom. The second kappa shape index (κ2) is 8.24. The van der Waals surface area contributed by atoms with Gasteiger partial charge in [0, 0.05) is 24.5 Å². The standard InChI is InChI=1S/C21H20N6OS/c1-15-6-4-8-16(12-15)20-24-25-21(29)26(20)14-19(28)22-13-17-7-2-3-9-18(17)27-11-5-10-23-27/h2-12H,13-14H2,1H3,(H,22,28)(H,25,29). The van der Waals surface area contributed by atoms with Crippen molar-refractivity contribution in [1.82, 2.24) is 29.9 Å². The molecule has 8 heteroatoms. The number of nitrogens with one attached hydrogen (secondary N) is 2. The van der Waals surface area contributed by atoms with E-state index in [1.807, 2.05) is 67.7 Å². The monoisotopic (exact) mass is 404 g/mol. The lowest BCUT2D eigenvalue weighted by Gasteiger charge is -2.12. The summed E-state index contributed by atoms with van der Waals surface area (Å²) in [6.07, 6.45) is 3.60. The Labute approximate surface area is 173 Å². The number of nitrogens with zero attached hydrogens (tertiary/aromatic N) is 4.